The van der Waals surface area contributed by atoms with Gasteiger partial charge in [-0.05, 0) is 5.57 Å². The lowest BCUT2D eigenvalue weighted by molar-refractivity contribution is -0.134. The van der Waals surface area contributed by atoms with Gasteiger partial charge in [-0.1, -0.05) is 0 Å². The van der Waals surface area contributed by atoms with Gasteiger partial charge in [0.15, 0.2) is 0 Å². The molecule has 0 spiro atoms. The van der Waals surface area contributed by atoms with Crippen molar-refractivity contribution >= 4 is 11.9 Å². The minimum absolute atomic E-state index is 0.0150. The van der Waals surface area contributed by atoms with Crippen LogP contribution in [0.15, 0.2) is 11.1 Å². The lowest BCUT2D eigenvalue weighted by Gasteiger charge is -2.16. The molecule has 0 atom stereocenters. The van der Waals surface area contributed by atoms with Crippen molar-refractivity contribution in [2.24, 2.45) is 0 Å². The summed E-state index contributed by atoms with van der Waals surface area (Å²) in [5.41, 5.74) is 0.392. The maximum absolute atomic E-state index is 10.7. The third-order valence-corrected chi connectivity index (χ3v) is 1.71. The normalized spacial score (nSPS) is 17.6. The summed E-state index contributed by atoms with van der Waals surface area (Å²) in [6.45, 7) is -0.182. The molecule has 0 aliphatic carbocycles. The topological polar surface area (TPSA) is 86.6 Å². The maximum atomic E-state index is 10.7. The molecule has 0 fully saturated rings. The number of carboxylic acid groups (broad SMARTS) is 1. The van der Waals surface area contributed by atoms with Crippen molar-refractivity contribution in [3.8, 4) is 0 Å². The predicted molar refractivity (Wildman–Crippen MR) is 39.4 cm³/mol. The highest BCUT2D eigenvalue weighted by molar-refractivity contribution is 5.96. The summed E-state index contributed by atoms with van der Waals surface area (Å²) in [6.07, 6.45) is -0.148. The molecule has 5 heteroatoms. The average molecular weight is 171 g/mol. The van der Waals surface area contributed by atoms with Crippen LogP contribution < -0.4 is 5.32 Å². The van der Waals surface area contributed by atoms with Crippen molar-refractivity contribution in [1.82, 2.24) is 5.32 Å². The molecule has 0 unspecified atom stereocenters. The number of nitrogens with one attached hydrogen (secondary N) is 1. The predicted octanol–water partition coefficient (Wildman–Crippen LogP) is -1.12. The summed E-state index contributed by atoms with van der Waals surface area (Å²) in [5, 5.41) is 19.8. The van der Waals surface area contributed by atoms with Gasteiger partial charge in [-0.2, -0.15) is 0 Å². The number of carboxylic acids is 1. The Kier molecular flexibility index (Phi) is 2.44. The van der Waals surface area contributed by atoms with Crippen molar-refractivity contribution in [3.05, 3.63) is 11.1 Å². The zero-order valence-electron chi connectivity index (χ0n) is 6.33. The highest BCUT2D eigenvalue weighted by Crippen LogP contribution is 2.12. The van der Waals surface area contributed by atoms with Crippen molar-refractivity contribution in [1.29, 1.82) is 0 Å². The van der Waals surface area contributed by atoms with Crippen molar-refractivity contribution in [3.63, 3.8) is 0 Å². The Bertz CT molecular complexity index is 256. The molecule has 3 N–H and O–H groups in total. The Morgan fingerprint density at radius 1 is 1.58 bits per heavy atom. The quantitative estimate of drug-likeness (QED) is 0.491. The Morgan fingerprint density at radius 2 is 2.25 bits per heavy atom. The number of carbonyl (C=O) groups is 2. The van der Waals surface area contributed by atoms with Crippen LogP contribution in [0.5, 0.6) is 0 Å². The average Bonchev–Trinajstić information content (AvgIpc) is 2.04. The molecular formula is C7H9NO4. The summed E-state index contributed by atoms with van der Waals surface area (Å²) in [6, 6.07) is 0. The summed E-state index contributed by atoms with van der Waals surface area (Å²) < 4.78 is 0. The molecule has 0 radical (unpaired) electrons. The van der Waals surface area contributed by atoms with Gasteiger partial charge in [0.05, 0.1) is 13.0 Å². The summed E-state index contributed by atoms with van der Waals surface area (Å²) in [5.74, 6) is -1.45. The van der Waals surface area contributed by atoms with Crippen LogP contribution in [0.25, 0.3) is 0 Å². The SMILES string of the molecule is O=C1CC(C(=O)O)=C(CO)CN1. The molecule has 0 bridgehead atoms. The van der Waals surface area contributed by atoms with Crippen molar-refractivity contribution < 1.29 is 19.8 Å². The number of rotatable bonds is 2. The molecule has 1 amide bonds. The van der Waals surface area contributed by atoms with Crippen LogP contribution in [0.4, 0.5) is 0 Å². The minimum Gasteiger partial charge on any atom is -0.478 e. The standard InChI is InChI=1S/C7H9NO4/c9-3-4-2-8-6(10)1-5(4)7(11)12/h9H,1-3H2,(H,8,10)(H,11,12). The molecule has 12 heavy (non-hydrogen) atoms. The van der Waals surface area contributed by atoms with Crippen molar-refractivity contribution in [2.45, 2.75) is 6.42 Å². The van der Waals surface area contributed by atoms with E-state index in [1.807, 2.05) is 0 Å². The van der Waals surface area contributed by atoms with E-state index in [1.165, 1.54) is 0 Å². The van der Waals surface area contributed by atoms with E-state index < -0.39 is 5.97 Å². The number of carbonyl (C=O) groups excluding carboxylic acids is 1. The first-order valence-corrected chi connectivity index (χ1v) is 3.47. The Balaban J connectivity index is 2.92. The van der Waals surface area contributed by atoms with Gasteiger partial charge in [-0.25, -0.2) is 4.79 Å². The second-order valence-electron chi connectivity index (χ2n) is 2.50. The molecule has 1 rings (SSSR count). The molecule has 66 valence electrons. The number of aliphatic hydroxyl groups excluding tert-OH is 1. The monoisotopic (exact) mass is 171 g/mol. The third kappa shape index (κ3) is 1.62. The number of aliphatic carboxylic acids is 1. The summed E-state index contributed by atoms with van der Waals surface area (Å²) >= 11 is 0. The third-order valence-electron chi connectivity index (χ3n) is 1.71. The highest BCUT2D eigenvalue weighted by Gasteiger charge is 2.21. The molecular weight excluding hydrogens is 162 g/mol. The van der Waals surface area contributed by atoms with Crippen LogP contribution in [-0.2, 0) is 9.59 Å². The second kappa shape index (κ2) is 3.36. The Labute approximate surface area is 68.7 Å². The Hall–Kier alpha value is -1.36. The minimum atomic E-state index is -1.13. The zero-order valence-corrected chi connectivity index (χ0v) is 6.33. The first-order valence-electron chi connectivity index (χ1n) is 3.47. The fourth-order valence-electron chi connectivity index (χ4n) is 1.04. The van der Waals surface area contributed by atoms with Gasteiger partial charge in [0.1, 0.15) is 0 Å². The van der Waals surface area contributed by atoms with E-state index in [0.29, 0.717) is 5.57 Å². The van der Waals surface area contributed by atoms with Gasteiger partial charge < -0.3 is 15.5 Å². The molecule has 1 aliphatic rings. The van der Waals surface area contributed by atoms with Gasteiger partial charge in [-0.3, -0.25) is 4.79 Å². The fraction of sp³-hybridized carbons (Fsp3) is 0.429. The van der Waals surface area contributed by atoms with Crippen LogP contribution in [0.3, 0.4) is 0 Å². The molecule has 0 saturated heterocycles. The van der Waals surface area contributed by atoms with Crippen LogP contribution in [0.1, 0.15) is 6.42 Å². The van der Waals surface area contributed by atoms with Crippen LogP contribution in [0, 0.1) is 0 Å². The van der Waals surface area contributed by atoms with Crippen LogP contribution in [-0.4, -0.2) is 35.2 Å². The first kappa shape index (κ1) is 8.73. The van der Waals surface area contributed by atoms with Gasteiger partial charge in [0.25, 0.3) is 0 Å². The van der Waals surface area contributed by atoms with Gasteiger partial charge in [0, 0.05) is 12.1 Å². The fourth-order valence-corrected chi connectivity index (χ4v) is 1.04. The lowest BCUT2D eigenvalue weighted by Crippen LogP contribution is -2.34. The molecule has 0 aromatic carbocycles. The molecule has 0 aromatic rings. The molecule has 0 saturated carbocycles. The smallest absolute Gasteiger partial charge is 0.332 e. The van der Waals surface area contributed by atoms with E-state index >= 15 is 0 Å². The molecule has 0 aromatic heterocycles. The second-order valence-corrected chi connectivity index (χ2v) is 2.50. The zero-order chi connectivity index (χ0) is 9.14. The number of hydrogen-bond donors (Lipinski definition) is 3. The Morgan fingerprint density at radius 3 is 2.75 bits per heavy atom. The molecule has 1 heterocycles. The van der Waals surface area contributed by atoms with E-state index in [4.69, 9.17) is 10.2 Å². The van der Waals surface area contributed by atoms with Gasteiger partial charge in [0.2, 0.25) is 5.91 Å². The van der Waals surface area contributed by atoms with Gasteiger partial charge in [-0.15, -0.1) is 0 Å². The number of aliphatic hydroxyl groups is 1. The highest BCUT2D eigenvalue weighted by atomic mass is 16.4. The first-order chi connectivity index (χ1) is 5.65. The largest absolute Gasteiger partial charge is 0.478 e. The summed E-state index contributed by atoms with van der Waals surface area (Å²) in [7, 11) is 0. The van der Waals surface area contributed by atoms with E-state index in [9.17, 15) is 9.59 Å². The number of hydrogen-bond acceptors (Lipinski definition) is 3. The lowest BCUT2D eigenvalue weighted by atomic mass is 10.0. The van der Waals surface area contributed by atoms with Crippen LogP contribution in [0.2, 0.25) is 0 Å². The molecule has 5 nitrogen and oxygen atoms in total. The van der Waals surface area contributed by atoms with E-state index in [2.05, 4.69) is 5.32 Å². The van der Waals surface area contributed by atoms with Gasteiger partial charge >= 0.3 is 5.97 Å². The van der Waals surface area contributed by atoms with Crippen molar-refractivity contribution in [2.75, 3.05) is 13.2 Å². The van der Waals surface area contributed by atoms with E-state index in [1.54, 1.807) is 0 Å². The maximum Gasteiger partial charge on any atom is 0.332 e. The molecule has 1 aliphatic heterocycles. The number of amides is 1. The van der Waals surface area contributed by atoms with E-state index in [-0.39, 0.29) is 31.1 Å². The van der Waals surface area contributed by atoms with Crippen LogP contribution >= 0.6 is 0 Å². The summed E-state index contributed by atoms with van der Waals surface area (Å²) in [4.78, 5) is 21.3. The van der Waals surface area contributed by atoms with E-state index in [0.717, 1.165) is 0 Å².